The molecule has 2 aliphatic rings. The van der Waals surface area contributed by atoms with Crippen molar-refractivity contribution in [3.8, 4) is 0 Å². The minimum atomic E-state index is 0.203. The summed E-state index contributed by atoms with van der Waals surface area (Å²) in [5.41, 5.74) is 2.87. The van der Waals surface area contributed by atoms with E-state index in [0.717, 1.165) is 26.2 Å². The Morgan fingerprint density at radius 3 is 2.87 bits per heavy atom. The minimum absolute atomic E-state index is 0.203. The highest BCUT2D eigenvalue weighted by Gasteiger charge is 2.38. The normalized spacial score (nSPS) is 28.6. The first-order valence-corrected chi connectivity index (χ1v) is 9.22. The fraction of sp³-hybridized carbons (Fsp3) is 0.833. The predicted octanol–water partition coefficient (Wildman–Crippen LogP) is 2.66. The van der Waals surface area contributed by atoms with E-state index in [0.29, 0.717) is 5.92 Å². The summed E-state index contributed by atoms with van der Waals surface area (Å²) >= 11 is 0. The second-order valence-electron chi connectivity index (χ2n) is 7.40. The molecular weight excluding hydrogens is 288 g/mol. The van der Waals surface area contributed by atoms with Crippen LogP contribution in [0.15, 0.2) is 6.20 Å². The summed E-state index contributed by atoms with van der Waals surface area (Å²) in [6.45, 7) is 4.02. The van der Waals surface area contributed by atoms with Gasteiger partial charge in [-0.1, -0.05) is 0 Å². The van der Waals surface area contributed by atoms with Crippen LogP contribution in [0.2, 0.25) is 0 Å². The van der Waals surface area contributed by atoms with E-state index in [1.54, 1.807) is 0 Å². The predicted molar refractivity (Wildman–Crippen MR) is 92.6 cm³/mol. The number of hydrogen-bond donors (Lipinski definition) is 2. The van der Waals surface area contributed by atoms with E-state index < -0.39 is 0 Å². The van der Waals surface area contributed by atoms with Gasteiger partial charge in [-0.15, -0.1) is 0 Å². The van der Waals surface area contributed by atoms with Crippen LogP contribution < -0.4 is 5.32 Å². The first kappa shape index (κ1) is 16.9. The lowest BCUT2D eigenvalue weighted by Crippen LogP contribution is -2.39. The van der Waals surface area contributed by atoms with Crippen molar-refractivity contribution < 1.29 is 4.74 Å². The van der Waals surface area contributed by atoms with Gasteiger partial charge in [0, 0.05) is 43.9 Å². The lowest BCUT2D eigenvalue weighted by atomic mass is 9.74. The van der Waals surface area contributed by atoms with Crippen LogP contribution in [0.5, 0.6) is 0 Å². The zero-order chi connectivity index (χ0) is 16.1. The maximum absolute atomic E-state index is 6.17. The number of nitrogens with one attached hydrogen (secondary N) is 2. The monoisotopic (exact) mass is 320 g/mol. The van der Waals surface area contributed by atoms with Crippen molar-refractivity contribution >= 4 is 0 Å². The minimum Gasteiger partial charge on any atom is -0.375 e. The van der Waals surface area contributed by atoms with E-state index in [1.807, 2.05) is 7.05 Å². The summed E-state index contributed by atoms with van der Waals surface area (Å²) in [6.07, 6.45) is 10.8. The van der Waals surface area contributed by atoms with Crippen LogP contribution in [0.25, 0.3) is 0 Å². The molecule has 2 heterocycles. The molecule has 0 unspecified atom stereocenters. The third-order valence-corrected chi connectivity index (χ3v) is 5.66. The molecule has 1 aromatic heterocycles. The molecule has 1 aliphatic heterocycles. The second-order valence-corrected chi connectivity index (χ2v) is 7.40. The quantitative estimate of drug-likeness (QED) is 0.846. The smallest absolute Gasteiger partial charge is 0.0697 e. The number of aromatic amines is 1. The molecule has 130 valence electrons. The fourth-order valence-electron chi connectivity index (χ4n) is 4.20. The second kappa shape index (κ2) is 7.77. The number of aromatic nitrogens is 2. The van der Waals surface area contributed by atoms with Gasteiger partial charge in [-0.05, 0) is 59.0 Å². The average Bonchev–Trinajstić information content (AvgIpc) is 3.02. The van der Waals surface area contributed by atoms with E-state index in [9.17, 15) is 0 Å². The first-order valence-electron chi connectivity index (χ1n) is 9.22. The van der Waals surface area contributed by atoms with E-state index in [-0.39, 0.29) is 5.60 Å². The molecule has 0 amide bonds. The van der Waals surface area contributed by atoms with Gasteiger partial charge in [0.2, 0.25) is 0 Å². The average molecular weight is 320 g/mol. The largest absolute Gasteiger partial charge is 0.375 e. The Labute approximate surface area is 140 Å². The Bertz CT molecular complexity index is 471. The van der Waals surface area contributed by atoms with Crippen LogP contribution in [-0.2, 0) is 11.3 Å². The highest BCUT2D eigenvalue weighted by Crippen LogP contribution is 2.44. The van der Waals surface area contributed by atoms with Crippen molar-refractivity contribution in [1.29, 1.82) is 0 Å². The van der Waals surface area contributed by atoms with Crippen LogP contribution in [-0.4, -0.2) is 54.5 Å². The molecule has 23 heavy (non-hydrogen) atoms. The Hall–Kier alpha value is -0.910. The molecule has 1 aromatic rings. The third-order valence-electron chi connectivity index (χ3n) is 5.66. The van der Waals surface area contributed by atoms with Gasteiger partial charge in [-0.3, -0.25) is 5.10 Å². The standard InChI is InChI=1S/C18H32N4O/c1-19-10-11-22(2)14-16-13-20-21-17(16)15-5-8-18(9-6-15)7-3-4-12-23-18/h13,15,19H,3-12,14H2,1-2H3,(H,20,21)/t15-,18-. The summed E-state index contributed by atoms with van der Waals surface area (Å²) in [6, 6.07) is 0. The third kappa shape index (κ3) is 4.14. The van der Waals surface area contributed by atoms with E-state index >= 15 is 0 Å². The van der Waals surface area contributed by atoms with Gasteiger partial charge < -0.3 is 15.0 Å². The van der Waals surface area contributed by atoms with Gasteiger partial charge in [-0.25, -0.2) is 0 Å². The zero-order valence-electron chi connectivity index (χ0n) is 14.7. The molecule has 2 fully saturated rings. The van der Waals surface area contributed by atoms with Gasteiger partial charge in [0.05, 0.1) is 11.3 Å². The molecule has 5 heteroatoms. The van der Waals surface area contributed by atoms with Crippen LogP contribution in [0, 0.1) is 0 Å². The molecule has 0 atom stereocenters. The summed E-state index contributed by atoms with van der Waals surface area (Å²) in [5, 5.41) is 10.9. The van der Waals surface area contributed by atoms with Crippen LogP contribution >= 0.6 is 0 Å². The first-order chi connectivity index (χ1) is 11.2. The number of ether oxygens (including phenoxy) is 1. The zero-order valence-corrected chi connectivity index (χ0v) is 14.7. The highest BCUT2D eigenvalue weighted by molar-refractivity contribution is 5.21. The fourth-order valence-corrected chi connectivity index (χ4v) is 4.20. The van der Waals surface area contributed by atoms with Crippen LogP contribution in [0.4, 0.5) is 0 Å². The molecule has 1 saturated heterocycles. The Morgan fingerprint density at radius 2 is 2.17 bits per heavy atom. The molecule has 1 aliphatic carbocycles. The SMILES string of the molecule is CNCCN(C)Cc1c[nH]nc1[C@H]1CC[C@@]2(CCCCO2)CC1. The Kier molecular flexibility index (Phi) is 5.72. The Morgan fingerprint density at radius 1 is 1.35 bits per heavy atom. The molecule has 0 bridgehead atoms. The maximum atomic E-state index is 6.17. The summed E-state index contributed by atoms with van der Waals surface area (Å²) in [5.74, 6) is 0.602. The van der Waals surface area contributed by atoms with Gasteiger partial charge in [0.1, 0.15) is 0 Å². The van der Waals surface area contributed by atoms with Crippen molar-refractivity contribution in [2.24, 2.45) is 0 Å². The van der Waals surface area contributed by atoms with Crippen molar-refractivity contribution in [2.75, 3.05) is 33.8 Å². The van der Waals surface area contributed by atoms with Gasteiger partial charge in [-0.2, -0.15) is 5.10 Å². The summed E-state index contributed by atoms with van der Waals surface area (Å²) in [4.78, 5) is 2.36. The van der Waals surface area contributed by atoms with Crippen molar-refractivity contribution in [3.63, 3.8) is 0 Å². The van der Waals surface area contributed by atoms with Crippen molar-refractivity contribution in [2.45, 2.75) is 63.0 Å². The molecule has 0 radical (unpaired) electrons. The lowest BCUT2D eigenvalue weighted by Gasteiger charge is -2.42. The topological polar surface area (TPSA) is 53.2 Å². The molecular formula is C18H32N4O. The van der Waals surface area contributed by atoms with E-state index in [1.165, 1.54) is 56.2 Å². The highest BCUT2D eigenvalue weighted by atomic mass is 16.5. The number of rotatable bonds is 6. The number of hydrogen-bond acceptors (Lipinski definition) is 4. The lowest BCUT2D eigenvalue weighted by molar-refractivity contribution is -0.102. The summed E-state index contributed by atoms with van der Waals surface area (Å²) < 4.78 is 6.17. The summed E-state index contributed by atoms with van der Waals surface area (Å²) in [7, 11) is 4.18. The molecule has 1 saturated carbocycles. The molecule has 5 nitrogen and oxygen atoms in total. The Balaban J connectivity index is 1.57. The van der Waals surface area contributed by atoms with Gasteiger partial charge >= 0.3 is 0 Å². The number of likely N-dealkylation sites (N-methyl/N-ethyl adjacent to an activating group) is 2. The van der Waals surface area contributed by atoms with Crippen LogP contribution in [0.1, 0.15) is 62.1 Å². The number of nitrogens with zero attached hydrogens (tertiary/aromatic N) is 2. The number of H-pyrrole nitrogens is 1. The van der Waals surface area contributed by atoms with E-state index in [2.05, 4.69) is 33.7 Å². The maximum Gasteiger partial charge on any atom is 0.0697 e. The van der Waals surface area contributed by atoms with Gasteiger partial charge in [0.25, 0.3) is 0 Å². The van der Waals surface area contributed by atoms with Crippen molar-refractivity contribution in [1.82, 2.24) is 20.4 Å². The van der Waals surface area contributed by atoms with Crippen molar-refractivity contribution in [3.05, 3.63) is 17.5 Å². The van der Waals surface area contributed by atoms with Gasteiger partial charge in [0.15, 0.2) is 0 Å². The molecule has 2 N–H and O–H groups in total. The molecule has 1 spiro atoms. The van der Waals surface area contributed by atoms with Crippen LogP contribution in [0.3, 0.4) is 0 Å². The molecule has 0 aromatic carbocycles. The molecule has 3 rings (SSSR count). The van der Waals surface area contributed by atoms with E-state index in [4.69, 9.17) is 4.74 Å².